The molecule has 0 unspecified atom stereocenters. The van der Waals surface area contributed by atoms with Crippen molar-refractivity contribution >= 4 is 37.7 Å². The van der Waals surface area contributed by atoms with E-state index >= 15 is 0 Å². The van der Waals surface area contributed by atoms with Gasteiger partial charge < -0.3 is 5.73 Å². The zero-order valence-corrected chi connectivity index (χ0v) is 8.29. The van der Waals surface area contributed by atoms with Gasteiger partial charge in [0.05, 0.1) is 0 Å². The molecule has 0 aliphatic heterocycles. The van der Waals surface area contributed by atoms with Gasteiger partial charge in [-0.2, -0.15) is 0 Å². The van der Waals surface area contributed by atoms with Crippen molar-refractivity contribution in [2.75, 3.05) is 6.54 Å². The number of benzene rings is 1. The first-order chi connectivity index (χ1) is 4.43. The van der Waals surface area contributed by atoms with E-state index in [9.17, 15) is 0 Å². The molecule has 0 aliphatic carbocycles. The summed E-state index contributed by atoms with van der Waals surface area (Å²) in [7, 11) is 0. The van der Waals surface area contributed by atoms with Crippen LogP contribution in [-0.4, -0.2) is 44.3 Å². The molecule has 0 saturated carbocycles. The average Bonchev–Trinajstić information content (AvgIpc) is 1.91. The Morgan fingerprint density at radius 3 is 2.20 bits per heavy atom. The normalized spacial score (nSPS) is 8.50. The molecule has 0 radical (unpaired) electrons. The second-order valence-corrected chi connectivity index (χ2v) is 2.02. The van der Waals surface area contributed by atoms with Crippen LogP contribution in [0.4, 0.5) is 0 Å². The van der Waals surface area contributed by atoms with E-state index in [2.05, 4.69) is 12.1 Å². The van der Waals surface area contributed by atoms with Gasteiger partial charge in [-0.05, 0) is 18.5 Å². The second kappa shape index (κ2) is 6.17. The molecule has 0 fully saturated rings. The summed E-state index contributed by atoms with van der Waals surface area (Å²) in [5, 5.41) is 0. The Hall–Kier alpha value is 0.440. The molecule has 1 aromatic rings. The van der Waals surface area contributed by atoms with Gasteiger partial charge in [0.1, 0.15) is 0 Å². The second-order valence-electron chi connectivity index (χ2n) is 2.02. The fourth-order valence-electron chi connectivity index (χ4n) is 0.811. The van der Waals surface area contributed by atoms with Crippen LogP contribution in [0.1, 0.15) is 5.56 Å². The first-order valence-electron chi connectivity index (χ1n) is 3.17. The molecule has 0 aromatic heterocycles. The summed E-state index contributed by atoms with van der Waals surface area (Å²) < 4.78 is 0. The minimum atomic E-state index is 0. The molecular weight excluding hydrogens is 150 g/mol. The monoisotopic (exact) mass is 161 g/mol. The van der Waals surface area contributed by atoms with Gasteiger partial charge in [0.2, 0.25) is 0 Å². The smallest absolute Gasteiger partial charge is 0.330 e. The van der Waals surface area contributed by atoms with Crippen molar-refractivity contribution in [3.8, 4) is 0 Å². The molecule has 0 spiro atoms. The van der Waals surface area contributed by atoms with Gasteiger partial charge in [-0.3, -0.25) is 0 Å². The van der Waals surface area contributed by atoms with Crippen LogP contribution in [0.5, 0.6) is 0 Å². The van der Waals surface area contributed by atoms with Crippen molar-refractivity contribution in [1.29, 1.82) is 0 Å². The van der Waals surface area contributed by atoms with Gasteiger partial charge in [0.15, 0.2) is 0 Å². The topological polar surface area (TPSA) is 26.0 Å². The Labute approximate surface area is 91.6 Å². The number of rotatable bonds is 2. The van der Waals surface area contributed by atoms with E-state index in [4.69, 9.17) is 5.73 Å². The van der Waals surface area contributed by atoms with Crippen LogP contribution in [0.15, 0.2) is 30.3 Å². The molecule has 2 N–H and O–H groups in total. The Morgan fingerprint density at radius 2 is 1.70 bits per heavy atom. The fourth-order valence-corrected chi connectivity index (χ4v) is 0.811. The third kappa shape index (κ3) is 3.57. The van der Waals surface area contributed by atoms with Crippen molar-refractivity contribution in [2.24, 2.45) is 5.73 Å². The average molecular weight is 161 g/mol. The molecule has 0 atom stereocenters. The van der Waals surface area contributed by atoms with E-state index < -0.39 is 0 Å². The van der Waals surface area contributed by atoms with Crippen LogP contribution >= 0.6 is 0 Å². The molecule has 1 rings (SSSR count). The molecule has 1 nitrogen and oxygen atoms in total. The van der Waals surface area contributed by atoms with E-state index in [1.807, 2.05) is 18.2 Å². The number of hydrogen-bond donors (Lipinski definition) is 1. The van der Waals surface area contributed by atoms with Crippen LogP contribution in [0.2, 0.25) is 0 Å². The van der Waals surface area contributed by atoms with Gasteiger partial charge in [-0.15, -0.1) is 0 Å². The zero-order chi connectivity index (χ0) is 6.53. The standard InChI is InChI=1S/C8H11N.Ca/c9-7-6-8-4-2-1-3-5-8;/h1-5H,6-7,9H2;/q;+2. The molecule has 0 aliphatic rings. The molecule has 2 heteroatoms. The van der Waals surface area contributed by atoms with E-state index in [1.165, 1.54) is 5.56 Å². The van der Waals surface area contributed by atoms with E-state index in [0.717, 1.165) is 13.0 Å². The van der Waals surface area contributed by atoms with Gasteiger partial charge in [-0.1, -0.05) is 30.3 Å². The van der Waals surface area contributed by atoms with E-state index in [1.54, 1.807) is 0 Å². The van der Waals surface area contributed by atoms with Crippen LogP contribution in [-0.2, 0) is 6.42 Å². The minimum Gasteiger partial charge on any atom is -0.330 e. The van der Waals surface area contributed by atoms with Crippen molar-refractivity contribution in [1.82, 2.24) is 0 Å². The first kappa shape index (κ1) is 10.4. The predicted octanol–water partition coefficient (Wildman–Crippen LogP) is 0.807. The predicted molar refractivity (Wildman–Crippen MR) is 45.0 cm³/mol. The summed E-state index contributed by atoms with van der Waals surface area (Å²) in [6.07, 6.45) is 0.987. The molecule has 0 saturated heterocycles. The molecule has 0 heterocycles. The van der Waals surface area contributed by atoms with Crippen molar-refractivity contribution in [3.63, 3.8) is 0 Å². The summed E-state index contributed by atoms with van der Waals surface area (Å²) in [5.74, 6) is 0. The van der Waals surface area contributed by atoms with Gasteiger partial charge in [0.25, 0.3) is 0 Å². The summed E-state index contributed by atoms with van der Waals surface area (Å²) in [6, 6.07) is 10.3. The molecule has 1 aromatic carbocycles. The van der Waals surface area contributed by atoms with Gasteiger partial charge in [0, 0.05) is 0 Å². The Balaban J connectivity index is 0.000000810. The summed E-state index contributed by atoms with van der Waals surface area (Å²) >= 11 is 0. The fraction of sp³-hybridized carbons (Fsp3) is 0.250. The maximum atomic E-state index is 5.36. The maximum absolute atomic E-state index is 5.36. The third-order valence-electron chi connectivity index (χ3n) is 1.28. The quantitative estimate of drug-likeness (QED) is 0.638. The Kier molecular flexibility index (Phi) is 6.44. The number of nitrogens with two attached hydrogens (primary N) is 1. The minimum absolute atomic E-state index is 0. The molecular formula is C8H11CaN+2. The van der Waals surface area contributed by atoms with Crippen LogP contribution in [0.3, 0.4) is 0 Å². The Morgan fingerprint density at radius 1 is 1.10 bits per heavy atom. The van der Waals surface area contributed by atoms with Crippen molar-refractivity contribution in [3.05, 3.63) is 35.9 Å². The SMILES string of the molecule is NCCc1ccccc1.[Ca+2]. The van der Waals surface area contributed by atoms with Crippen LogP contribution in [0, 0.1) is 0 Å². The van der Waals surface area contributed by atoms with Crippen LogP contribution < -0.4 is 5.73 Å². The van der Waals surface area contributed by atoms with Gasteiger partial charge >= 0.3 is 37.7 Å². The third-order valence-corrected chi connectivity index (χ3v) is 1.28. The molecule has 10 heavy (non-hydrogen) atoms. The van der Waals surface area contributed by atoms with Crippen molar-refractivity contribution < 1.29 is 0 Å². The molecule has 0 bridgehead atoms. The summed E-state index contributed by atoms with van der Waals surface area (Å²) in [5.41, 5.74) is 6.68. The zero-order valence-electron chi connectivity index (χ0n) is 6.09. The summed E-state index contributed by atoms with van der Waals surface area (Å²) in [4.78, 5) is 0. The van der Waals surface area contributed by atoms with Crippen LogP contribution in [0.25, 0.3) is 0 Å². The first-order valence-corrected chi connectivity index (χ1v) is 3.17. The maximum Gasteiger partial charge on any atom is 2.00 e. The number of hydrogen-bond acceptors (Lipinski definition) is 1. The van der Waals surface area contributed by atoms with Crippen molar-refractivity contribution in [2.45, 2.75) is 6.42 Å². The Bertz CT molecular complexity index is 162. The summed E-state index contributed by atoms with van der Waals surface area (Å²) in [6.45, 7) is 0.740. The van der Waals surface area contributed by atoms with E-state index in [-0.39, 0.29) is 37.7 Å². The molecule has 48 valence electrons. The van der Waals surface area contributed by atoms with E-state index in [0.29, 0.717) is 0 Å². The molecule has 0 amide bonds. The largest absolute Gasteiger partial charge is 2.00 e. The van der Waals surface area contributed by atoms with Gasteiger partial charge in [-0.25, -0.2) is 0 Å².